The van der Waals surface area contributed by atoms with E-state index in [1.54, 1.807) is 0 Å². The van der Waals surface area contributed by atoms with Crippen LogP contribution in [0.25, 0.3) is 0 Å². The maximum Gasteiger partial charge on any atom is 0.119 e. The summed E-state index contributed by atoms with van der Waals surface area (Å²) < 4.78 is 5.45. The SMILES string of the molecule is CCOc1ccc(CNC2CC2c2ccccc2)cc1. The van der Waals surface area contributed by atoms with Crippen LogP contribution in [0.3, 0.4) is 0 Å². The van der Waals surface area contributed by atoms with E-state index in [9.17, 15) is 0 Å². The minimum Gasteiger partial charge on any atom is -0.494 e. The second kappa shape index (κ2) is 6.10. The predicted molar refractivity (Wildman–Crippen MR) is 82.0 cm³/mol. The van der Waals surface area contributed by atoms with Gasteiger partial charge in [0.05, 0.1) is 6.61 Å². The molecule has 1 aliphatic rings. The normalized spacial score (nSPS) is 20.6. The van der Waals surface area contributed by atoms with Gasteiger partial charge in [-0.3, -0.25) is 0 Å². The number of ether oxygens (including phenoxy) is 1. The smallest absolute Gasteiger partial charge is 0.119 e. The maximum atomic E-state index is 5.45. The zero-order chi connectivity index (χ0) is 13.8. The molecule has 0 bridgehead atoms. The molecule has 0 radical (unpaired) electrons. The van der Waals surface area contributed by atoms with E-state index in [1.807, 2.05) is 19.1 Å². The Bertz CT molecular complexity index is 535. The van der Waals surface area contributed by atoms with Crippen LogP contribution in [-0.2, 0) is 6.54 Å². The molecule has 0 heterocycles. The number of rotatable bonds is 6. The molecule has 20 heavy (non-hydrogen) atoms. The van der Waals surface area contributed by atoms with Crippen LogP contribution >= 0.6 is 0 Å². The highest BCUT2D eigenvalue weighted by molar-refractivity contribution is 5.29. The maximum absolute atomic E-state index is 5.45. The van der Waals surface area contributed by atoms with Gasteiger partial charge in [-0.1, -0.05) is 42.5 Å². The molecule has 2 aromatic carbocycles. The van der Waals surface area contributed by atoms with Crippen LogP contribution in [0.2, 0.25) is 0 Å². The molecule has 2 heteroatoms. The van der Waals surface area contributed by atoms with Gasteiger partial charge < -0.3 is 10.1 Å². The van der Waals surface area contributed by atoms with E-state index in [0.717, 1.165) is 18.9 Å². The standard InChI is InChI=1S/C18H21NO/c1-2-20-16-10-8-14(9-11-16)13-19-18-12-17(18)15-6-4-3-5-7-15/h3-11,17-19H,2,12-13H2,1H3. The first kappa shape index (κ1) is 13.2. The summed E-state index contributed by atoms with van der Waals surface area (Å²) in [5.41, 5.74) is 2.77. The van der Waals surface area contributed by atoms with Crippen molar-refractivity contribution in [1.82, 2.24) is 5.32 Å². The van der Waals surface area contributed by atoms with E-state index in [0.29, 0.717) is 12.0 Å². The van der Waals surface area contributed by atoms with Gasteiger partial charge in [0.2, 0.25) is 0 Å². The molecule has 0 amide bonds. The van der Waals surface area contributed by atoms with Crippen molar-refractivity contribution in [1.29, 1.82) is 0 Å². The first-order chi connectivity index (χ1) is 9.86. The van der Waals surface area contributed by atoms with Crippen molar-refractivity contribution in [3.8, 4) is 5.75 Å². The minimum atomic E-state index is 0.629. The largest absolute Gasteiger partial charge is 0.494 e. The highest BCUT2D eigenvalue weighted by atomic mass is 16.5. The van der Waals surface area contributed by atoms with Crippen molar-refractivity contribution in [3.05, 3.63) is 65.7 Å². The summed E-state index contributed by atoms with van der Waals surface area (Å²) in [6.07, 6.45) is 1.25. The Balaban J connectivity index is 1.49. The van der Waals surface area contributed by atoms with Gasteiger partial charge in [0, 0.05) is 18.5 Å². The second-order valence-corrected chi connectivity index (χ2v) is 5.32. The molecule has 1 fully saturated rings. The molecule has 2 aromatic rings. The fraction of sp³-hybridized carbons (Fsp3) is 0.333. The first-order valence-corrected chi connectivity index (χ1v) is 7.37. The highest BCUT2D eigenvalue weighted by Crippen LogP contribution is 2.40. The van der Waals surface area contributed by atoms with Crippen molar-refractivity contribution in [2.75, 3.05) is 6.61 Å². The van der Waals surface area contributed by atoms with Crippen LogP contribution in [-0.4, -0.2) is 12.6 Å². The van der Waals surface area contributed by atoms with Gasteiger partial charge in [-0.15, -0.1) is 0 Å². The zero-order valence-corrected chi connectivity index (χ0v) is 11.9. The molecular weight excluding hydrogens is 246 g/mol. The Hall–Kier alpha value is -1.80. The Labute approximate surface area is 120 Å². The summed E-state index contributed by atoms with van der Waals surface area (Å²) in [7, 11) is 0. The third-order valence-electron chi connectivity index (χ3n) is 3.82. The number of benzene rings is 2. The molecule has 0 aliphatic heterocycles. The van der Waals surface area contributed by atoms with Crippen molar-refractivity contribution in [2.24, 2.45) is 0 Å². The van der Waals surface area contributed by atoms with Gasteiger partial charge in [-0.2, -0.15) is 0 Å². The molecule has 0 aromatic heterocycles. The summed E-state index contributed by atoms with van der Waals surface area (Å²) in [5.74, 6) is 1.64. The molecule has 2 atom stereocenters. The van der Waals surface area contributed by atoms with Crippen LogP contribution in [0, 0.1) is 0 Å². The Morgan fingerprint density at radius 3 is 2.50 bits per heavy atom. The molecule has 1 N–H and O–H groups in total. The molecule has 3 rings (SSSR count). The van der Waals surface area contributed by atoms with Crippen LogP contribution in [0.4, 0.5) is 0 Å². The van der Waals surface area contributed by atoms with E-state index >= 15 is 0 Å². The summed E-state index contributed by atoms with van der Waals surface area (Å²) in [6, 6.07) is 19.8. The zero-order valence-electron chi connectivity index (χ0n) is 11.9. The Morgan fingerprint density at radius 2 is 1.80 bits per heavy atom. The molecule has 1 aliphatic carbocycles. The van der Waals surface area contributed by atoms with Gasteiger partial charge in [-0.05, 0) is 36.6 Å². The summed E-state index contributed by atoms with van der Waals surface area (Å²) in [4.78, 5) is 0. The quantitative estimate of drug-likeness (QED) is 0.861. The molecule has 1 saturated carbocycles. The lowest BCUT2D eigenvalue weighted by molar-refractivity contribution is 0.340. The second-order valence-electron chi connectivity index (χ2n) is 5.32. The van der Waals surface area contributed by atoms with Crippen molar-refractivity contribution in [2.45, 2.75) is 31.8 Å². The highest BCUT2D eigenvalue weighted by Gasteiger charge is 2.37. The summed E-state index contributed by atoms with van der Waals surface area (Å²) in [5, 5.41) is 3.63. The Morgan fingerprint density at radius 1 is 1.05 bits per heavy atom. The van der Waals surface area contributed by atoms with Crippen molar-refractivity contribution < 1.29 is 4.74 Å². The van der Waals surface area contributed by atoms with Gasteiger partial charge in [0.15, 0.2) is 0 Å². The van der Waals surface area contributed by atoms with Crippen molar-refractivity contribution >= 4 is 0 Å². The van der Waals surface area contributed by atoms with E-state index in [2.05, 4.69) is 47.8 Å². The van der Waals surface area contributed by atoms with Gasteiger partial charge in [-0.25, -0.2) is 0 Å². The fourth-order valence-electron chi connectivity index (χ4n) is 2.61. The average molecular weight is 267 g/mol. The van der Waals surface area contributed by atoms with Crippen LogP contribution in [0.5, 0.6) is 5.75 Å². The molecule has 2 unspecified atom stereocenters. The average Bonchev–Trinajstić information content (AvgIpc) is 3.27. The third kappa shape index (κ3) is 3.20. The molecule has 104 valence electrons. The lowest BCUT2D eigenvalue weighted by Gasteiger charge is -2.07. The molecule has 0 saturated heterocycles. The predicted octanol–water partition coefficient (Wildman–Crippen LogP) is 3.73. The summed E-state index contributed by atoms with van der Waals surface area (Å²) >= 11 is 0. The van der Waals surface area contributed by atoms with E-state index in [1.165, 1.54) is 17.5 Å². The lowest BCUT2D eigenvalue weighted by Crippen LogP contribution is -2.17. The van der Waals surface area contributed by atoms with Gasteiger partial charge >= 0.3 is 0 Å². The van der Waals surface area contributed by atoms with Gasteiger partial charge in [0.25, 0.3) is 0 Å². The van der Waals surface area contributed by atoms with Gasteiger partial charge in [0.1, 0.15) is 5.75 Å². The van der Waals surface area contributed by atoms with E-state index in [4.69, 9.17) is 4.74 Å². The van der Waals surface area contributed by atoms with Crippen molar-refractivity contribution in [3.63, 3.8) is 0 Å². The fourth-order valence-corrected chi connectivity index (χ4v) is 2.61. The van der Waals surface area contributed by atoms with Crippen LogP contribution in [0.15, 0.2) is 54.6 Å². The number of hydrogen-bond acceptors (Lipinski definition) is 2. The lowest BCUT2D eigenvalue weighted by atomic mass is 10.1. The minimum absolute atomic E-state index is 0.629. The molecule has 0 spiro atoms. The van der Waals surface area contributed by atoms with E-state index < -0.39 is 0 Å². The number of nitrogens with one attached hydrogen (secondary N) is 1. The van der Waals surface area contributed by atoms with Crippen LogP contribution < -0.4 is 10.1 Å². The summed E-state index contributed by atoms with van der Waals surface area (Å²) in [6.45, 7) is 3.66. The van der Waals surface area contributed by atoms with Crippen LogP contribution in [0.1, 0.15) is 30.4 Å². The topological polar surface area (TPSA) is 21.3 Å². The van der Waals surface area contributed by atoms with E-state index in [-0.39, 0.29) is 0 Å². The Kier molecular flexibility index (Phi) is 4.03. The number of hydrogen-bond donors (Lipinski definition) is 1. The monoisotopic (exact) mass is 267 g/mol. The first-order valence-electron chi connectivity index (χ1n) is 7.37. The molecular formula is C18H21NO. The molecule has 2 nitrogen and oxygen atoms in total. The third-order valence-corrected chi connectivity index (χ3v) is 3.82.